The van der Waals surface area contributed by atoms with E-state index in [0.717, 1.165) is 0 Å². The molecule has 2 fully saturated rings. The highest BCUT2D eigenvalue weighted by molar-refractivity contribution is 6.03. The largest absolute Gasteiger partial charge is 0.437 e. The molecule has 240 valence electrons. The lowest BCUT2D eigenvalue weighted by molar-refractivity contribution is -0.141. The van der Waals surface area contributed by atoms with Crippen LogP contribution >= 0.6 is 0 Å². The van der Waals surface area contributed by atoms with E-state index in [4.69, 9.17) is 4.42 Å². The summed E-state index contributed by atoms with van der Waals surface area (Å²) in [5, 5.41) is 4.94. The molecule has 1 atom stereocenters. The number of nitrogens with zero attached hydrogens (tertiary/aromatic N) is 5. The monoisotopic (exact) mass is 641 g/mol. The van der Waals surface area contributed by atoms with Crippen molar-refractivity contribution in [2.45, 2.75) is 18.5 Å². The molecule has 4 aromatic rings. The number of carbonyl (C=O) groups excluding carboxylic acids is 2. The summed E-state index contributed by atoms with van der Waals surface area (Å²) in [4.78, 5) is 38.4. The quantitative estimate of drug-likeness (QED) is 0.250. The zero-order chi connectivity index (χ0) is 32.4. The zero-order valence-corrected chi connectivity index (χ0v) is 24.2. The first-order valence-corrected chi connectivity index (χ1v) is 14.5. The van der Waals surface area contributed by atoms with Crippen molar-refractivity contribution >= 4 is 35.1 Å². The number of halogens is 5. The molecule has 15 heteroatoms. The van der Waals surface area contributed by atoms with Crippen molar-refractivity contribution in [2.75, 3.05) is 59.7 Å². The molecule has 0 radical (unpaired) electrons. The summed E-state index contributed by atoms with van der Waals surface area (Å²) in [6.45, 7) is 2.10. The van der Waals surface area contributed by atoms with Crippen molar-refractivity contribution in [3.05, 3.63) is 95.5 Å². The Morgan fingerprint density at radius 2 is 1.67 bits per heavy atom. The Morgan fingerprint density at radius 3 is 2.37 bits per heavy atom. The smallest absolute Gasteiger partial charge is 0.417 e. The maximum Gasteiger partial charge on any atom is 0.437 e. The Labute approximate surface area is 259 Å². The van der Waals surface area contributed by atoms with Gasteiger partial charge in [0.1, 0.15) is 17.5 Å². The lowest BCUT2D eigenvalue weighted by Crippen LogP contribution is -2.50. The Balaban J connectivity index is 1.07. The van der Waals surface area contributed by atoms with E-state index >= 15 is 0 Å². The van der Waals surface area contributed by atoms with Gasteiger partial charge in [-0.05, 0) is 48.4 Å². The molecular formula is C31H28F5N7O3. The summed E-state index contributed by atoms with van der Waals surface area (Å²) in [6.07, 6.45) is -3.10. The highest BCUT2D eigenvalue weighted by atomic mass is 19.4. The Kier molecular flexibility index (Phi) is 8.47. The summed E-state index contributed by atoms with van der Waals surface area (Å²) in [5.41, 5.74) is -0.513. The number of nitrogens with one attached hydrogen (secondary N) is 2. The number of anilines is 4. The molecule has 46 heavy (non-hydrogen) atoms. The van der Waals surface area contributed by atoms with Crippen LogP contribution < -0.4 is 20.4 Å². The molecule has 0 saturated carbocycles. The summed E-state index contributed by atoms with van der Waals surface area (Å²) in [5.74, 6) is -2.67. The van der Waals surface area contributed by atoms with Gasteiger partial charge in [-0.15, -0.1) is 0 Å². The Morgan fingerprint density at radius 1 is 0.891 bits per heavy atom. The summed E-state index contributed by atoms with van der Waals surface area (Å²) in [6, 6.07) is 14.2. The van der Waals surface area contributed by atoms with E-state index in [1.165, 1.54) is 47.5 Å². The third-order valence-corrected chi connectivity index (χ3v) is 7.88. The molecular weight excluding hydrogens is 613 g/mol. The fourth-order valence-electron chi connectivity index (χ4n) is 5.49. The molecule has 0 aliphatic carbocycles. The number of oxazole rings is 1. The van der Waals surface area contributed by atoms with Gasteiger partial charge in [-0.2, -0.15) is 18.2 Å². The lowest BCUT2D eigenvalue weighted by atomic mass is 9.98. The second kappa shape index (κ2) is 12.7. The van der Waals surface area contributed by atoms with Crippen LogP contribution in [-0.4, -0.2) is 66.1 Å². The summed E-state index contributed by atoms with van der Waals surface area (Å²) in [7, 11) is 0. The van der Waals surface area contributed by atoms with E-state index in [9.17, 15) is 31.5 Å². The number of para-hydroxylation sites is 1. The number of rotatable bonds is 6. The molecule has 10 nitrogen and oxygen atoms in total. The minimum Gasteiger partial charge on any atom is -0.417 e. The van der Waals surface area contributed by atoms with Crippen LogP contribution in [0.4, 0.5) is 50.0 Å². The molecule has 2 aromatic heterocycles. The minimum atomic E-state index is -4.95. The van der Waals surface area contributed by atoms with Gasteiger partial charge < -0.3 is 29.8 Å². The molecule has 2 aliphatic rings. The van der Waals surface area contributed by atoms with Gasteiger partial charge in [-0.1, -0.05) is 24.3 Å². The summed E-state index contributed by atoms with van der Waals surface area (Å²) >= 11 is 0. The van der Waals surface area contributed by atoms with Crippen molar-refractivity contribution < 1.29 is 36.0 Å². The molecule has 3 amide bonds. The molecule has 2 N–H and O–H groups in total. The van der Waals surface area contributed by atoms with Crippen LogP contribution in [0.5, 0.6) is 0 Å². The fourth-order valence-corrected chi connectivity index (χ4v) is 5.49. The second-order valence-electron chi connectivity index (χ2n) is 10.9. The number of pyridine rings is 1. The first-order valence-electron chi connectivity index (χ1n) is 14.5. The number of benzene rings is 2. The van der Waals surface area contributed by atoms with Crippen molar-refractivity contribution in [2.24, 2.45) is 0 Å². The highest BCUT2D eigenvalue weighted by Crippen LogP contribution is 2.37. The highest BCUT2D eigenvalue weighted by Gasteiger charge is 2.42. The van der Waals surface area contributed by atoms with E-state index < -0.39 is 41.2 Å². The molecule has 2 saturated heterocycles. The average Bonchev–Trinajstić information content (AvgIpc) is 3.71. The van der Waals surface area contributed by atoms with E-state index in [-0.39, 0.29) is 29.9 Å². The van der Waals surface area contributed by atoms with Crippen molar-refractivity contribution in [3.8, 4) is 0 Å². The van der Waals surface area contributed by atoms with Crippen molar-refractivity contribution in [1.29, 1.82) is 0 Å². The van der Waals surface area contributed by atoms with Crippen molar-refractivity contribution in [1.82, 2.24) is 14.9 Å². The third-order valence-electron chi connectivity index (χ3n) is 7.88. The standard InChI is InChI=1S/C31H28F5N7O3/c32-21-5-3-4-19(16-21)20-10-11-43(18-20)30-40-27(31(34,35)36)26(46-30)28(44)38-22-8-9-25(37-17-22)41-12-14-42(15-13-41)29(45)39-24-7-2-1-6-23(24)33/h1-9,16-17,20H,10-15,18H2,(H,38,44)(H,39,45). The second-order valence-corrected chi connectivity index (χ2v) is 10.9. The number of carbonyl (C=O) groups is 2. The van der Waals surface area contributed by atoms with Gasteiger partial charge in [-0.25, -0.2) is 18.6 Å². The number of amides is 3. The summed E-state index contributed by atoms with van der Waals surface area (Å²) < 4.78 is 74.6. The van der Waals surface area contributed by atoms with E-state index in [0.29, 0.717) is 50.5 Å². The Bertz CT molecular complexity index is 1720. The van der Waals surface area contributed by atoms with E-state index in [1.54, 1.807) is 29.2 Å². The molecule has 0 spiro atoms. The first kappa shape index (κ1) is 30.8. The van der Waals surface area contributed by atoms with Crippen LogP contribution in [0.1, 0.15) is 34.2 Å². The normalized spacial score (nSPS) is 16.9. The molecule has 6 rings (SSSR count). The third kappa shape index (κ3) is 6.72. The number of hydrogen-bond acceptors (Lipinski definition) is 7. The number of alkyl halides is 3. The maximum atomic E-state index is 13.9. The molecule has 2 aromatic carbocycles. The predicted octanol–water partition coefficient (Wildman–Crippen LogP) is 5.97. The first-order chi connectivity index (χ1) is 22.0. The molecule has 2 aliphatic heterocycles. The van der Waals surface area contributed by atoms with Gasteiger partial charge in [0.2, 0.25) is 5.76 Å². The number of hydrogen-bond donors (Lipinski definition) is 2. The number of aromatic nitrogens is 2. The fraction of sp³-hybridized carbons (Fsp3) is 0.290. The van der Waals surface area contributed by atoms with Gasteiger partial charge in [0.25, 0.3) is 11.9 Å². The van der Waals surface area contributed by atoms with E-state index in [2.05, 4.69) is 20.6 Å². The average molecular weight is 642 g/mol. The number of urea groups is 1. The molecule has 1 unspecified atom stereocenters. The lowest BCUT2D eigenvalue weighted by Gasteiger charge is -2.35. The number of piperazine rings is 1. The van der Waals surface area contributed by atoms with Gasteiger partial charge in [0.05, 0.1) is 17.6 Å². The molecule has 0 bridgehead atoms. The predicted molar refractivity (Wildman–Crippen MR) is 159 cm³/mol. The SMILES string of the molecule is O=C(Nc1ccc(N2CCN(C(=O)Nc3ccccc3F)CC2)nc1)c1oc(N2CCC(c3cccc(F)c3)C2)nc1C(F)(F)F. The van der Waals surface area contributed by atoms with Crippen LogP contribution in [0.2, 0.25) is 0 Å². The minimum absolute atomic E-state index is 0.0868. The van der Waals surface area contributed by atoms with Crippen molar-refractivity contribution in [3.63, 3.8) is 0 Å². The van der Waals surface area contributed by atoms with Crippen LogP contribution in [0.15, 0.2) is 71.3 Å². The topological polar surface area (TPSA) is 107 Å². The van der Waals surface area contributed by atoms with Gasteiger partial charge in [0.15, 0.2) is 5.69 Å². The van der Waals surface area contributed by atoms with Crippen LogP contribution in [-0.2, 0) is 6.18 Å². The zero-order valence-electron chi connectivity index (χ0n) is 24.2. The van der Waals surface area contributed by atoms with E-state index in [1.807, 2.05) is 4.90 Å². The van der Waals surface area contributed by atoms with Gasteiger partial charge in [0, 0.05) is 45.2 Å². The van der Waals surface area contributed by atoms with Crippen LogP contribution in [0.3, 0.4) is 0 Å². The molecule has 4 heterocycles. The van der Waals surface area contributed by atoms with Gasteiger partial charge >= 0.3 is 12.2 Å². The van der Waals surface area contributed by atoms with Gasteiger partial charge in [-0.3, -0.25) is 4.79 Å². The Hall–Kier alpha value is -5.21. The van der Waals surface area contributed by atoms with Crippen LogP contribution in [0.25, 0.3) is 0 Å². The van der Waals surface area contributed by atoms with Crippen LogP contribution in [0, 0.1) is 11.6 Å². The maximum absolute atomic E-state index is 13.9.